The van der Waals surface area contributed by atoms with E-state index in [1.807, 2.05) is 0 Å². The van der Waals surface area contributed by atoms with E-state index in [4.69, 9.17) is 12.2 Å². The smallest absolute Gasteiger partial charge is 0.225 e. The molecule has 0 spiro atoms. The maximum atomic E-state index is 11.0. The van der Waals surface area contributed by atoms with E-state index in [1.54, 1.807) is 13.1 Å². The lowest BCUT2D eigenvalue weighted by atomic mass is 10.0. The van der Waals surface area contributed by atoms with E-state index in [9.17, 15) is 9.59 Å². The van der Waals surface area contributed by atoms with Crippen LogP contribution in [0.2, 0.25) is 0 Å². The first-order valence-electron chi connectivity index (χ1n) is 4.56. The molecule has 80 valence electrons. The van der Waals surface area contributed by atoms with E-state index in [1.165, 1.54) is 12.2 Å². The van der Waals surface area contributed by atoms with Gasteiger partial charge in [-0.05, 0) is 36.4 Å². The third-order valence-electron chi connectivity index (χ3n) is 1.93. The second kappa shape index (κ2) is 5.41. The fourth-order valence-corrected chi connectivity index (χ4v) is 1.22. The number of rotatable bonds is 3. The van der Waals surface area contributed by atoms with Gasteiger partial charge in [-0.15, -0.1) is 0 Å². The van der Waals surface area contributed by atoms with Crippen LogP contribution in [-0.4, -0.2) is 30.3 Å². The van der Waals surface area contributed by atoms with Gasteiger partial charge in [-0.1, -0.05) is 6.08 Å². The van der Waals surface area contributed by atoms with Gasteiger partial charge in [0.15, 0.2) is 5.11 Å². The topological polar surface area (TPSA) is 58.2 Å². The van der Waals surface area contributed by atoms with Gasteiger partial charge in [0.2, 0.25) is 11.6 Å². The van der Waals surface area contributed by atoms with Gasteiger partial charge >= 0.3 is 0 Å². The number of carbonyl (C=O) groups excluding carboxylic acids is 2. The number of thiocarbonyl (C=S) groups is 1. The Kier molecular flexibility index (Phi) is 4.17. The molecule has 0 saturated heterocycles. The first-order valence-corrected chi connectivity index (χ1v) is 4.97. The largest absolute Gasteiger partial charge is 0.366 e. The minimum absolute atomic E-state index is 0.455. The minimum atomic E-state index is -0.461. The summed E-state index contributed by atoms with van der Waals surface area (Å²) in [6.45, 7) is 0.636. The fourth-order valence-electron chi connectivity index (χ4n) is 1.12. The van der Waals surface area contributed by atoms with Crippen molar-refractivity contribution in [2.75, 3.05) is 13.6 Å². The number of hydrogen-bond donors (Lipinski definition) is 2. The molecule has 1 aliphatic carbocycles. The van der Waals surface area contributed by atoms with Crippen LogP contribution in [0.3, 0.4) is 0 Å². The molecular formula is C10H12N2O2S. The Labute approximate surface area is 93.4 Å². The zero-order chi connectivity index (χ0) is 11.3. The monoisotopic (exact) mass is 224 g/mol. The van der Waals surface area contributed by atoms with E-state index in [0.29, 0.717) is 18.1 Å². The van der Waals surface area contributed by atoms with Crippen molar-refractivity contribution in [2.45, 2.75) is 6.42 Å². The van der Waals surface area contributed by atoms with Crippen LogP contribution < -0.4 is 10.6 Å². The van der Waals surface area contributed by atoms with Crippen molar-refractivity contribution in [3.8, 4) is 0 Å². The van der Waals surface area contributed by atoms with Gasteiger partial charge in [-0.2, -0.15) is 0 Å². The van der Waals surface area contributed by atoms with Crippen LogP contribution in [0.25, 0.3) is 0 Å². The molecule has 15 heavy (non-hydrogen) atoms. The maximum Gasteiger partial charge on any atom is 0.225 e. The fraction of sp³-hybridized carbons (Fsp3) is 0.300. The van der Waals surface area contributed by atoms with Gasteiger partial charge in [0.25, 0.3) is 0 Å². The lowest BCUT2D eigenvalue weighted by molar-refractivity contribution is -0.131. The van der Waals surface area contributed by atoms with Crippen molar-refractivity contribution in [2.24, 2.45) is 0 Å². The lowest BCUT2D eigenvalue weighted by Crippen LogP contribution is -2.33. The summed E-state index contributed by atoms with van der Waals surface area (Å²) in [7, 11) is 1.73. The number of ketones is 2. The molecule has 0 saturated carbocycles. The van der Waals surface area contributed by atoms with E-state index < -0.39 is 11.6 Å². The van der Waals surface area contributed by atoms with Crippen LogP contribution in [-0.2, 0) is 9.59 Å². The molecule has 1 aliphatic rings. The summed E-state index contributed by atoms with van der Waals surface area (Å²) in [4.78, 5) is 21.9. The molecule has 0 aromatic rings. The summed E-state index contributed by atoms with van der Waals surface area (Å²) in [5, 5.41) is 6.30. The van der Waals surface area contributed by atoms with Crippen LogP contribution in [0.15, 0.2) is 23.8 Å². The van der Waals surface area contributed by atoms with Crippen LogP contribution in [0.5, 0.6) is 0 Å². The summed E-state index contributed by atoms with van der Waals surface area (Å²) in [6.07, 6.45) is 4.99. The predicted molar refractivity (Wildman–Crippen MR) is 61.5 cm³/mol. The summed E-state index contributed by atoms with van der Waals surface area (Å²) < 4.78 is 0. The molecule has 0 aromatic heterocycles. The highest BCUT2D eigenvalue weighted by molar-refractivity contribution is 7.80. The van der Waals surface area contributed by atoms with Crippen LogP contribution in [0.4, 0.5) is 0 Å². The van der Waals surface area contributed by atoms with Crippen molar-refractivity contribution in [3.63, 3.8) is 0 Å². The molecule has 0 bridgehead atoms. The summed E-state index contributed by atoms with van der Waals surface area (Å²) in [6, 6.07) is 0. The summed E-state index contributed by atoms with van der Waals surface area (Å²) in [5.41, 5.74) is 0.839. The van der Waals surface area contributed by atoms with Gasteiger partial charge in [0.05, 0.1) is 0 Å². The van der Waals surface area contributed by atoms with Crippen LogP contribution >= 0.6 is 12.2 Å². The van der Waals surface area contributed by atoms with E-state index in [-0.39, 0.29) is 0 Å². The standard InChI is InChI=1S/C10H12N2O2S/c1-11-10(15)12-5-4-7-2-3-8(13)9(14)6-7/h2-3,6H,4-5H2,1H3,(H2,11,12,15). The minimum Gasteiger partial charge on any atom is -0.366 e. The molecule has 1 rings (SSSR count). The van der Waals surface area contributed by atoms with Crippen LogP contribution in [0.1, 0.15) is 6.42 Å². The molecule has 0 radical (unpaired) electrons. The van der Waals surface area contributed by atoms with Gasteiger partial charge in [0, 0.05) is 13.6 Å². The molecule has 0 aliphatic heterocycles. The van der Waals surface area contributed by atoms with Crippen molar-refractivity contribution < 1.29 is 9.59 Å². The molecule has 0 heterocycles. The highest BCUT2D eigenvalue weighted by Gasteiger charge is 2.12. The summed E-state index contributed by atoms with van der Waals surface area (Å²) in [5.74, 6) is -0.916. The van der Waals surface area contributed by atoms with Crippen molar-refractivity contribution in [1.82, 2.24) is 10.6 Å². The zero-order valence-electron chi connectivity index (χ0n) is 8.37. The molecule has 0 atom stereocenters. The molecule has 5 heteroatoms. The molecule has 0 aromatic carbocycles. The van der Waals surface area contributed by atoms with Crippen molar-refractivity contribution in [3.05, 3.63) is 23.8 Å². The Hall–Kier alpha value is -1.49. The average Bonchev–Trinajstić information content (AvgIpc) is 2.23. The normalized spacial score (nSPS) is 14.9. The Morgan fingerprint density at radius 2 is 2.07 bits per heavy atom. The zero-order valence-corrected chi connectivity index (χ0v) is 9.19. The van der Waals surface area contributed by atoms with Gasteiger partial charge in [-0.25, -0.2) is 0 Å². The molecule has 0 fully saturated rings. The SMILES string of the molecule is CNC(=S)NCCC1=CC(=O)C(=O)C=C1. The first-order chi connectivity index (χ1) is 7.13. The van der Waals surface area contributed by atoms with E-state index in [0.717, 1.165) is 5.57 Å². The van der Waals surface area contributed by atoms with Crippen molar-refractivity contribution in [1.29, 1.82) is 0 Å². The number of hydrogen-bond acceptors (Lipinski definition) is 3. The molecule has 0 amide bonds. The summed E-state index contributed by atoms with van der Waals surface area (Å²) >= 11 is 4.88. The molecule has 0 unspecified atom stereocenters. The predicted octanol–water partition coefficient (Wildman–Crippen LogP) is 0.105. The molecule has 2 N–H and O–H groups in total. The molecular weight excluding hydrogens is 212 g/mol. The average molecular weight is 224 g/mol. The highest BCUT2D eigenvalue weighted by Crippen LogP contribution is 2.08. The second-order valence-electron chi connectivity index (χ2n) is 3.04. The maximum absolute atomic E-state index is 11.0. The molecule has 4 nitrogen and oxygen atoms in total. The van der Waals surface area contributed by atoms with Crippen molar-refractivity contribution >= 4 is 28.9 Å². The quantitative estimate of drug-likeness (QED) is 0.405. The van der Waals surface area contributed by atoms with Gasteiger partial charge in [0.1, 0.15) is 0 Å². The third-order valence-corrected chi connectivity index (χ3v) is 2.28. The number of nitrogens with one attached hydrogen (secondary N) is 2. The van der Waals surface area contributed by atoms with Crippen LogP contribution in [0, 0.1) is 0 Å². The Morgan fingerprint density at radius 3 is 2.67 bits per heavy atom. The van der Waals surface area contributed by atoms with Gasteiger partial charge < -0.3 is 10.6 Å². The first kappa shape index (κ1) is 11.6. The van der Waals surface area contributed by atoms with E-state index >= 15 is 0 Å². The van der Waals surface area contributed by atoms with Gasteiger partial charge in [-0.3, -0.25) is 9.59 Å². The Balaban J connectivity index is 2.38. The highest BCUT2D eigenvalue weighted by atomic mass is 32.1. The van der Waals surface area contributed by atoms with E-state index in [2.05, 4.69) is 10.6 Å². The second-order valence-corrected chi connectivity index (χ2v) is 3.45. The third kappa shape index (κ3) is 3.63. The lowest BCUT2D eigenvalue weighted by Gasteiger charge is -2.08. The number of allylic oxidation sites excluding steroid dienone is 3. The Morgan fingerprint density at radius 1 is 1.33 bits per heavy atom. The Bertz CT molecular complexity index is 358. The number of carbonyl (C=O) groups is 2.